The van der Waals surface area contributed by atoms with Gasteiger partial charge in [-0.05, 0) is 54.1 Å². The lowest BCUT2D eigenvalue weighted by Crippen LogP contribution is -2.19. The highest BCUT2D eigenvalue weighted by Gasteiger charge is 2.21. The molecule has 4 aromatic carbocycles. The van der Waals surface area contributed by atoms with Crippen molar-refractivity contribution in [1.29, 1.82) is 0 Å². The third-order valence-corrected chi connectivity index (χ3v) is 7.56. The van der Waals surface area contributed by atoms with Crippen molar-refractivity contribution >= 4 is 78.4 Å². The molecule has 0 unspecified atom stereocenters. The summed E-state index contributed by atoms with van der Waals surface area (Å²) in [6.45, 7) is 1.26. The van der Waals surface area contributed by atoms with Gasteiger partial charge >= 0.3 is 11.9 Å². The maximum atomic E-state index is 13.4. The van der Waals surface area contributed by atoms with Crippen LogP contribution >= 0.6 is 43.5 Å². The lowest BCUT2D eigenvalue weighted by Gasteiger charge is -2.11. The van der Waals surface area contributed by atoms with Crippen LogP contribution in [-0.4, -0.2) is 36.2 Å². The van der Waals surface area contributed by atoms with E-state index in [0.29, 0.717) is 26.1 Å². The summed E-state index contributed by atoms with van der Waals surface area (Å²) < 4.78 is 17.4. The van der Waals surface area contributed by atoms with Crippen LogP contribution in [0.5, 0.6) is 17.2 Å². The molecule has 5 aromatic rings. The third-order valence-electron chi connectivity index (χ3n) is 6.31. The molecule has 0 atom stereocenters. The van der Waals surface area contributed by atoms with Gasteiger partial charge in [-0.2, -0.15) is 5.10 Å². The summed E-state index contributed by atoms with van der Waals surface area (Å²) in [5, 5.41) is 5.36. The van der Waals surface area contributed by atoms with Gasteiger partial charge in [0, 0.05) is 32.4 Å². The first-order chi connectivity index (χ1) is 21.1. The number of benzene rings is 4. The van der Waals surface area contributed by atoms with Crippen molar-refractivity contribution in [3.63, 3.8) is 0 Å². The summed E-state index contributed by atoms with van der Waals surface area (Å²) in [6, 6.07) is 22.4. The molecule has 0 saturated carbocycles. The summed E-state index contributed by atoms with van der Waals surface area (Å²) in [7, 11) is 1.39. The number of carbonyl (C=O) groups excluding carboxylic acids is 3. The summed E-state index contributed by atoms with van der Waals surface area (Å²) in [5.74, 6) is -1.17. The molecule has 222 valence electrons. The molecular weight excluding hydrogens is 718 g/mol. The Morgan fingerprint density at radius 1 is 0.886 bits per heavy atom. The molecule has 9 nitrogen and oxygen atoms in total. The zero-order valence-corrected chi connectivity index (χ0v) is 27.0. The van der Waals surface area contributed by atoms with Gasteiger partial charge in [0.2, 0.25) is 0 Å². The van der Waals surface area contributed by atoms with E-state index in [9.17, 15) is 14.4 Å². The van der Waals surface area contributed by atoms with Gasteiger partial charge in [0.15, 0.2) is 11.5 Å². The molecule has 0 radical (unpaired) electrons. The summed E-state index contributed by atoms with van der Waals surface area (Å²) in [6.07, 6.45) is 1.37. The number of ether oxygens (including phenoxy) is 3. The number of aromatic amines is 1. The van der Waals surface area contributed by atoms with Gasteiger partial charge in [0.1, 0.15) is 11.4 Å². The second-order valence-corrected chi connectivity index (χ2v) is 11.5. The van der Waals surface area contributed by atoms with Gasteiger partial charge in [-0.3, -0.25) is 9.59 Å². The zero-order chi connectivity index (χ0) is 31.4. The number of rotatable bonds is 8. The molecule has 0 fully saturated rings. The number of H-pyrrole nitrogens is 1. The summed E-state index contributed by atoms with van der Waals surface area (Å²) in [4.78, 5) is 40.9. The van der Waals surface area contributed by atoms with Gasteiger partial charge in [-0.15, -0.1) is 0 Å². The maximum Gasteiger partial charge on any atom is 0.343 e. The number of hydrazone groups is 1. The van der Waals surface area contributed by atoms with Crippen molar-refractivity contribution in [2.45, 2.75) is 6.92 Å². The Hall–Kier alpha value is -4.45. The zero-order valence-electron chi connectivity index (χ0n) is 23.1. The van der Waals surface area contributed by atoms with Crippen molar-refractivity contribution in [3.8, 4) is 28.4 Å². The lowest BCUT2D eigenvalue weighted by atomic mass is 10.0. The average Bonchev–Trinajstić information content (AvgIpc) is 3.38. The molecule has 0 aliphatic carbocycles. The number of carbonyl (C=O) groups is 3. The van der Waals surface area contributed by atoms with Gasteiger partial charge in [0.25, 0.3) is 5.91 Å². The average molecular weight is 740 g/mol. The normalized spacial score (nSPS) is 11.0. The molecular formula is C32H22Br2ClN3O6. The van der Waals surface area contributed by atoms with E-state index in [1.165, 1.54) is 38.4 Å². The first-order valence-electron chi connectivity index (χ1n) is 12.9. The number of esters is 2. The molecule has 0 saturated heterocycles. The van der Waals surface area contributed by atoms with E-state index in [4.69, 9.17) is 25.8 Å². The van der Waals surface area contributed by atoms with Crippen LogP contribution in [0.2, 0.25) is 5.02 Å². The van der Waals surface area contributed by atoms with Crippen molar-refractivity contribution in [3.05, 3.63) is 110 Å². The molecule has 0 spiro atoms. The minimum Gasteiger partial charge on any atom is -0.493 e. The molecule has 1 heterocycles. The number of hydrogen-bond acceptors (Lipinski definition) is 7. The van der Waals surface area contributed by atoms with Crippen molar-refractivity contribution in [1.82, 2.24) is 10.4 Å². The predicted octanol–water partition coefficient (Wildman–Crippen LogP) is 7.93. The highest BCUT2D eigenvalue weighted by atomic mass is 79.9. The van der Waals surface area contributed by atoms with Crippen molar-refractivity contribution in [2.24, 2.45) is 5.10 Å². The van der Waals surface area contributed by atoms with Crippen molar-refractivity contribution in [2.75, 3.05) is 7.11 Å². The molecule has 0 aliphatic heterocycles. The van der Waals surface area contributed by atoms with Crippen LogP contribution in [0.15, 0.2) is 92.9 Å². The van der Waals surface area contributed by atoms with Gasteiger partial charge in [-0.1, -0.05) is 73.8 Å². The van der Waals surface area contributed by atoms with Gasteiger partial charge < -0.3 is 19.2 Å². The van der Waals surface area contributed by atoms with Crippen LogP contribution < -0.4 is 19.6 Å². The van der Waals surface area contributed by atoms with E-state index in [1.807, 2.05) is 36.4 Å². The fourth-order valence-corrected chi connectivity index (χ4v) is 5.65. The highest BCUT2D eigenvalue weighted by molar-refractivity contribution is 9.10. The Bertz CT molecular complexity index is 1940. The predicted molar refractivity (Wildman–Crippen MR) is 175 cm³/mol. The van der Waals surface area contributed by atoms with Crippen LogP contribution in [0.25, 0.3) is 22.0 Å². The molecule has 12 heteroatoms. The molecule has 0 bridgehead atoms. The first-order valence-corrected chi connectivity index (χ1v) is 14.9. The lowest BCUT2D eigenvalue weighted by molar-refractivity contribution is -0.132. The third kappa shape index (κ3) is 6.85. The van der Waals surface area contributed by atoms with Gasteiger partial charge in [-0.25, -0.2) is 10.2 Å². The second kappa shape index (κ2) is 13.5. The number of fused-ring (bicyclic) bond motifs is 1. The molecule has 1 aromatic heterocycles. The molecule has 2 N–H and O–H groups in total. The Balaban J connectivity index is 1.40. The van der Waals surface area contributed by atoms with Crippen LogP contribution in [0, 0.1) is 0 Å². The Kier molecular flexibility index (Phi) is 9.48. The number of amides is 1. The van der Waals surface area contributed by atoms with Crippen LogP contribution in [0.1, 0.15) is 33.3 Å². The Labute approximate surface area is 273 Å². The van der Waals surface area contributed by atoms with Crippen LogP contribution in [-0.2, 0) is 4.79 Å². The fraction of sp³-hybridized carbons (Fsp3) is 0.0625. The highest BCUT2D eigenvalue weighted by Crippen LogP contribution is 2.37. The topological polar surface area (TPSA) is 119 Å². The Morgan fingerprint density at radius 3 is 2.36 bits per heavy atom. The van der Waals surface area contributed by atoms with Crippen LogP contribution in [0.3, 0.4) is 0 Å². The van der Waals surface area contributed by atoms with E-state index in [2.05, 4.69) is 47.4 Å². The van der Waals surface area contributed by atoms with E-state index in [0.717, 1.165) is 15.4 Å². The second-order valence-electron chi connectivity index (χ2n) is 9.28. The minimum atomic E-state index is -0.688. The van der Waals surface area contributed by atoms with E-state index >= 15 is 0 Å². The monoisotopic (exact) mass is 737 g/mol. The maximum absolute atomic E-state index is 13.4. The number of nitrogens with one attached hydrogen (secondary N) is 2. The van der Waals surface area contributed by atoms with Gasteiger partial charge in [0.05, 0.1) is 29.4 Å². The quantitative estimate of drug-likeness (QED) is 0.0723. The number of aromatic nitrogens is 1. The largest absolute Gasteiger partial charge is 0.493 e. The van der Waals surface area contributed by atoms with E-state index in [1.54, 1.807) is 24.3 Å². The Morgan fingerprint density at radius 2 is 1.64 bits per heavy atom. The molecule has 44 heavy (non-hydrogen) atoms. The number of nitrogens with zero attached hydrogens (tertiary/aromatic N) is 1. The fourth-order valence-electron chi connectivity index (χ4n) is 4.42. The molecule has 0 aliphatic rings. The number of halogens is 3. The summed E-state index contributed by atoms with van der Waals surface area (Å²) >= 11 is 13.4. The minimum absolute atomic E-state index is 0.161. The smallest absolute Gasteiger partial charge is 0.343 e. The van der Waals surface area contributed by atoms with E-state index in [-0.39, 0.29) is 28.5 Å². The first kappa shape index (κ1) is 31.0. The number of methoxy groups -OCH3 is 1. The standard InChI is InChI=1S/C32H22Br2ClN3O6/c1-17(39)43-26-10-8-19(13-27(26)42-2)32(41)44-25-11-9-21(33)12-20(25)16-36-38-31(40)30-28(18-6-4-3-5-7-18)23-14-22(34)15-24(35)29(23)37-30/h3-16,37H,1-2H3,(H,38,40). The van der Waals surface area contributed by atoms with Crippen LogP contribution in [0.4, 0.5) is 0 Å². The number of hydrogen-bond donors (Lipinski definition) is 2. The SMILES string of the molecule is COc1cc(C(=O)Oc2ccc(Br)cc2C=NNC(=O)c2[nH]c3c(Cl)cc(Br)cc3c2-c2ccccc2)ccc1OC(C)=O. The summed E-state index contributed by atoms with van der Waals surface area (Å²) in [5.41, 5.74) is 5.50. The van der Waals surface area contributed by atoms with Crippen molar-refractivity contribution < 1.29 is 28.6 Å². The van der Waals surface area contributed by atoms with E-state index < -0.39 is 17.8 Å². The molecule has 5 rings (SSSR count). The molecule has 1 amide bonds.